The Morgan fingerprint density at radius 3 is 1.19 bits per heavy atom. The molecule has 0 bridgehead atoms. The van der Waals surface area contributed by atoms with Gasteiger partial charge in [0.1, 0.15) is 0 Å². The summed E-state index contributed by atoms with van der Waals surface area (Å²) in [7, 11) is 0. The van der Waals surface area contributed by atoms with E-state index in [9.17, 15) is 0 Å². The fraction of sp³-hybridized carbons (Fsp3) is 0. The number of nitrogens with zero attached hydrogens (tertiary/aromatic N) is 1. The predicted octanol–water partition coefficient (Wildman–Crippen LogP) is 15.9. The van der Waals surface area contributed by atoms with E-state index < -0.39 is 0 Å². The number of anilines is 3. The van der Waals surface area contributed by atoms with Crippen molar-refractivity contribution in [2.45, 2.75) is 0 Å². The largest absolute Gasteiger partial charge is 0.310 e. The molecule has 0 saturated heterocycles. The molecule has 0 aliphatic heterocycles. The molecule has 264 valence electrons. The SMILES string of the molecule is c1ccc(-c2ccc(N(c3ccc4cc5c(cc4c3)-c3cc4ccc(-c6ccccc6)cc4cc3-5)c3ccc4c5ccccc5c5ccccc5c4c3)cc2)cc1. The zero-order valence-corrected chi connectivity index (χ0v) is 31.2. The molecule has 1 heteroatoms. The number of hydrogen-bond acceptors (Lipinski definition) is 1. The van der Waals surface area contributed by atoms with Crippen molar-refractivity contribution in [3.8, 4) is 44.5 Å². The first-order valence-electron chi connectivity index (χ1n) is 19.7. The van der Waals surface area contributed by atoms with Gasteiger partial charge in [-0.2, -0.15) is 0 Å². The lowest BCUT2D eigenvalue weighted by molar-refractivity contribution is 1.29. The summed E-state index contributed by atoms with van der Waals surface area (Å²) in [6, 6.07) is 78.3. The lowest BCUT2D eigenvalue weighted by Gasteiger charge is -2.28. The molecule has 1 aliphatic carbocycles. The van der Waals surface area contributed by atoms with Gasteiger partial charge in [0, 0.05) is 17.1 Å². The Kier molecular flexibility index (Phi) is 7.00. The van der Waals surface area contributed by atoms with E-state index in [4.69, 9.17) is 0 Å². The molecular formula is C56H35N. The number of benzene rings is 11. The van der Waals surface area contributed by atoms with E-state index in [2.05, 4.69) is 217 Å². The van der Waals surface area contributed by atoms with Gasteiger partial charge in [0.15, 0.2) is 0 Å². The van der Waals surface area contributed by atoms with Crippen LogP contribution in [-0.2, 0) is 0 Å². The van der Waals surface area contributed by atoms with Gasteiger partial charge in [-0.1, -0.05) is 146 Å². The lowest BCUT2D eigenvalue weighted by atomic mass is 9.77. The van der Waals surface area contributed by atoms with Crippen LogP contribution in [0.15, 0.2) is 212 Å². The maximum Gasteiger partial charge on any atom is 0.0468 e. The van der Waals surface area contributed by atoms with Crippen molar-refractivity contribution in [1.82, 2.24) is 0 Å². The molecule has 1 aliphatic rings. The van der Waals surface area contributed by atoms with Crippen molar-refractivity contribution >= 4 is 70.9 Å². The molecule has 0 radical (unpaired) electrons. The predicted molar refractivity (Wildman–Crippen MR) is 244 cm³/mol. The highest BCUT2D eigenvalue weighted by Crippen LogP contribution is 2.51. The van der Waals surface area contributed by atoms with E-state index in [-0.39, 0.29) is 0 Å². The second-order valence-electron chi connectivity index (χ2n) is 15.3. The molecule has 0 spiro atoms. The summed E-state index contributed by atoms with van der Waals surface area (Å²) >= 11 is 0. The molecular weight excluding hydrogens is 687 g/mol. The molecule has 0 atom stereocenters. The van der Waals surface area contributed by atoms with Crippen LogP contribution in [0.1, 0.15) is 0 Å². The lowest BCUT2D eigenvalue weighted by Crippen LogP contribution is -2.10. The van der Waals surface area contributed by atoms with Crippen LogP contribution < -0.4 is 4.90 Å². The Labute approximate surface area is 331 Å². The summed E-state index contributed by atoms with van der Waals surface area (Å²) in [4.78, 5) is 2.42. The highest BCUT2D eigenvalue weighted by atomic mass is 15.1. The fourth-order valence-electron chi connectivity index (χ4n) is 9.28. The number of hydrogen-bond donors (Lipinski definition) is 0. The average molecular weight is 722 g/mol. The van der Waals surface area contributed by atoms with E-state index in [0.29, 0.717) is 0 Å². The molecule has 12 rings (SSSR count). The Morgan fingerprint density at radius 2 is 0.596 bits per heavy atom. The fourth-order valence-corrected chi connectivity index (χ4v) is 9.28. The quantitative estimate of drug-likeness (QED) is 0.160. The molecule has 0 fully saturated rings. The van der Waals surface area contributed by atoms with Gasteiger partial charge in [-0.25, -0.2) is 0 Å². The summed E-state index contributed by atoms with van der Waals surface area (Å²) in [6.07, 6.45) is 0. The minimum Gasteiger partial charge on any atom is -0.310 e. The van der Waals surface area contributed by atoms with Gasteiger partial charge in [0.25, 0.3) is 0 Å². The first-order chi connectivity index (χ1) is 28.2. The van der Waals surface area contributed by atoms with Gasteiger partial charge in [-0.05, 0) is 165 Å². The van der Waals surface area contributed by atoms with Crippen LogP contribution in [0.4, 0.5) is 17.1 Å². The van der Waals surface area contributed by atoms with Gasteiger partial charge in [-0.15, -0.1) is 0 Å². The van der Waals surface area contributed by atoms with E-state index in [1.54, 1.807) is 0 Å². The first kappa shape index (κ1) is 31.8. The van der Waals surface area contributed by atoms with E-state index in [1.807, 2.05) is 0 Å². The van der Waals surface area contributed by atoms with Crippen LogP contribution in [0.2, 0.25) is 0 Å². The molecule has 0 N–H and O–H groups in total. The van der Waals surface area contributed by atoms with Gasteiger partial charge >= 0.3 is 0 Å². The molecule has 0 heterocycles. The monoisotopic (exact) mass is 721 g/mol. The zero-order valence-electron chi connectivity index (χ0n) is 31.2. The Bertz CT molecular complexity index is 3350. The maximum absolute atomic E-state index is 2.42. The molecule has 0 aromatic heterocycles. The third kappa shape index (κ3) is 5.10. The highest BCUT2D eigenvalue weighted by Gasteiger charge is 2.24. The van der Waals surface area contributed by atoms with Crippen molar-refractivity contribution in [1.29, 1.82) is 0 Å². The van der Waals surface area contributed by atoms with Crippen LogP contribution >= 0.6 is 0 Å². The van der Waals surface area contributed by atoms with E-state index in [1.165, 1.54) is 98.4 Å². The smallest absolute Gasteiger partial charge is 0.0468 e. The van der Waals surface area contributed by atoms with Crippen molar-refractivity contribution in [3.63, 3.8) is 0 Å². The third-order valence-electron chi connectivity index (χ3n) is 12.1. The molecule has 11 aromatic carbocycles. The minimum atomic E-state index is 1.12. The number of rotatable bonds is 5. The second kappa shape index (κ2) is 12.5. The Morgan fingerprint density at radius 1 is 0.211 bits per heavy atom. The normalized spacial score (nSPS) is 11.9. The summed E-state index contributed by atoms with van der Waals surface area (Å²) in [5, 5.41) is 12.7. The minimum absolute atomic E-state index is 1.12. The van der Waals surface area contributed by atoms with Crippen LogP contribution in [0.5, 0.6) is 0 Å². The summed E-state index contributed by atoms with van der Waals surface area (Å²) in [6.45, 7) is 0. The van der Waals surface area contributed by atoms with Gasteiger partial charge in [-0.3, -0.25) is 0 Å². The average Bonchev–Trinajstić information content (AvgIpc) is 3.28. The van der Waals surface area contributed by atoms with E-state index in [0.717, 1.165) is 17.1 Å². The van der Waals surface area contributed by atoms with Crippen LogP contribution in [-0.4, -0.2) is 0 Å². The molecule has 57 heavy (non-hydrogen) atoms. The van der Waals surface area contributed by atoms with E-state index >= 15 is 0 Å². The van der Waals surface area contributed by atoms with Gasteiger partial charge in [0.05, 0.1) is 0 Å². The van der Waals surface area contributed by atoms with Crippen molar-refractivity contribution in [2.24, 2.45) is 0 Å². The Balaban J connectivity index is 0.999. The van der Waals surface area contributed by atoms with Crippen molar-refractivity contribution in [3.05, 3.63) is 212 Å². The van der Waals surface area contributed by atoms with Gasteiger partial charge in [0.2, 0.25) is 0 Å². The number of fused-ring (bicyclic) bond motifs is 12. The molecule has 0 saturated carbocycles. The molecule has 0 unspecified atom stereocenters. The molecule has 0 amide bonds. The van der Waals surface area contributed by atoms with Crippen molar-refractivity contribution in [2.75, 3.05) is 4.90 Å². The van der Waals surface area contributed by atoms with Crippen LogP contribution in [0.25, 0.3) is 98.4 Å². The van der Waals surface area contributed by atoms with Gasteiger partial charge < -0.3 is 4.90 Å². The van der Waals surface area contributed by atoms with Crippen molar-refractivity contribution < 1.29 is 0 Å². The molecule has 11 aromatic rings. The highest BCUT2D eigenvalue weighted by molar-refractivity contribution is 6.26. The topological polar surface area (TPSA) is 3.24 Å². The third-order valence-corrected chi connectivity index (χ3v) is 12.1. The Hall–Kier alpha value is -7.48. The summed E-state index contributed by atoms with van der Waals surface area (Å²) in [5.41, 5.74) is 13.6. The standard InChI is InChI=1S/C56H35N/c1-3-11-36(12-4-1)38-21-24-44(25-22-38)57(46-27-28-51-49-17-8-7-15-47(49)48-16-9-10-18-50(48)56(51)35-46)45-26-23-41-32-53-54-33-42-29-39(37-13-5-2-6-14-37)19-20-40(42)31-52(54)55(53)34-43(41)30-45/h1-35H. The summed E-state index contributed by atoms with van der Waals surface area (Å²) < 4.78 is 0. The van der Waals surface area contributed by atoms with Crippen LogP contribution in [0.3, 0.4) is 0 Å². The zero-order chi connectivity index (χ0) is 37.5. The second-order valence-corrected chi connectivity index (χ2v) is 15.3. The summed E-state index contributed by atoms with van der Waals surface area (Å²) in [5.74, 6) is 0. The molecule has 1 nitrogen and oxygen atoms in total. The first-order valence-corrected chi connectivity index (χ1v) is 19.7. The maximum atomic E-state index is 2.42. The van der Waals surface area contributed by atoms with Crippen LogP contribution in [0, 0.1) is 0 Å².